The molecule has 3 nitrogen and oxygen atoms in total. The molecule has 0 bridgehead atoms. The zero-order valence-electron chi connectivity index (χ0n) is 11.3. The molecule has 1 N–H and O–H groups in total. The lowest BCUT2D eigenvalue weighted by molar-refractivity contribution is -0.122. The summed E-state index contributed by atoms with van der Waals surface area (Å²) in [5.74, 6) is 0.192. The second-order valence-corrected chi connectivity index (χ2v) is 5.47. The van der Waals surface area contributed by atoms with Gasteiger partial charge in [0.1, 0.15) is 11.6 Å². The summed E-state index contributed by atoms with van der Waals surface area (Å²) >= 11 is 0. The minimum absolute atomic E-state index is 0.0474. The minimum Gasteiger partial charge on any atom is -0.496 e. The van der Waals surface area contributed by atoms with E-state index in [0.29, 0.717) is 17.7 Å². The lowest BCUT2D eigenvalue weighted by Crippen LogP contribution is -2.27. The van der Waals surface area contributed by atoms with Gasteiger partial charge in [0.2, 0.25) is 5.91 Å². The maximum absolute atomic E-state index is 13.1. The average molecular weight is 253 g/mol. The molecule has 1 aromatic carbocycles. The van der Waals surface area contributed by atoms with E-state index in [1.165, 1.54) is 19.2 Å². The first kappa shape index (κ1) is 14.5. The van der Waals surface area contributed by atoms with Crippen LogP contribution in [-0.2, 0) is 11.3 Å². The standard InChI is InChI=1S/C14H20FNO2/c1-14(2,3)8-13(17)16-9-10-7-11(15)5-6-12(10)18-4/h5-7H,8-9H2,1-4H3,(H,16,17). The number of methoxy groups -OCH3 is 1. The van der Waals surface area contributed by atoms with Gasteiger partial charge in [0.25, 0.3) is 0 Å². The van der Waals surface area contributed by atoms with Gasteiger partial charge in [-0.05, 0) is 23.6 Å². The van der Waals surface area contributed by atoms with E-state index in [2.05, 4.69) is 5.32 Å². The molecule has 0 aliphatic carbocycles. The average Bonchev–Trinajstić information content (AvgIpc) is 2.24. The van der Waals surface area contributed by atoms with Gasteiger partial charge in [-0.2, -0.15) is 0 Å². The van der Waals surface area contributed by atoms with Crippen LogP contribution in [0.1, 0.15) is 32.8 Å². The molecule has 0 aliphatic rings. The van der Waals surface area contributed by atoms with Crippen molar-refractivity contribution in [3.8, 4) is 5.75 Å². The second-order valence-electron chi connectivity index (χ2n) is 5.47. The molecule has 0 unspecified atom stereocenters. The number of benzene rings is 1. The molecule has 0 atom stereocenters. The molecule has 0 aliphatic heterocycles. The predicted molar refractivity (Wildman–Crippen MR) is 68.9 cm³/mol. The van der Waals surface area contributed by atoms with Gasteiger partial charge in [-0.15, -0.1) is 0 Å². The van der Waals surface area contributed by atoms with Crippen LogP contribution in [0.3, 0.4) is 0 Å². The van der Waals surface area contributed by atoms with E-state index in [1.54, 1.807) is 6.07 Å². The van der Waals surface area contributed by atoms with Gasteiger partial charge in [0.05, 0.1) is 7.11 Å². The molecule has 0 saturated heterocycles. The van der Waals surface area contributed by atoms with Crippen molar-refractivity contribution in [2.75, 3.05) is 7.11 Å². The summed E-state index contributed by atoms with van der Waals surface area (Å²) in [6.45, 7) is 6.26. The van der Waals surface area contributed by atoms with Crippen molar-refractivity contribution in [2.24, 2.45) is 5.41 Å². The number of hydrogen-bond acceptors (Lipinski definition) is 2. The highest BCUT2D eigenvalue weighted by atomic mass is 19.1. The van der Waals surface area contributed by atoms with Crippen LogP contribution in [0, 0.1) is 11.2 Å². The molecule has 0 radical (unpaired) electrons. The van der Waals surface area contributed by atoms with Gasteiger partial charge < -0.3 is 10.1 Å². The van der Waals surface area contributed by atoms with E-state index in [-0.39, 0.29) is 23.7 Å². The van der Waals surface area contributed by atoms with E-state index in [0.717, 1.165) is 0 Å². The molecule has 100 valence electrons. The first-order valence-electron chi connectivity index (χ1n) is 5.91. The Labute approximate surface area is 107 Å². The Morgan fingerprint density at radius 2 is 2.06 bits per heavy atom. The van der Waals surface area contributed by atoms with Crippen molar-refractivity contribution in [3.05, 3.63) is 29.6 Å². The van der Waals surface area contributed by atoms with E-state index in [4.69, 9.17) is 4.74 Å². The number of carbonyl (C=O) groups is 1. The van der Waals surface area contributed by atoms with E-state index in [1.807, 2.05) is 20.8 Å². The fourth-order valence-corrected chi connectivity index (χ4v) is 1.62. The molecular formula is C14H20FNO2. The molecule has 0 aromatic heterocycles. The molecule has 1 rings (SSSR count). The molecular weight excluding hydrogens is 233 g/mol. The maximum atomic E-state index is 13.1. The van der Waals surface area contributed by atoms with Crippen LogP contribution < -0.4 is 10.1 Å². The highest BCUT2D eigenvalue weighted by molar-refractivity contribution is 5.76. The molecule has 0 fully saturated rings. The van der Waals surface area contributed by atoms with Crippen molar-refractivity contribution in [1.82, 2.24) is 5.32 Å². The third-order valence-electron chi connectivity index (χ3n) is 2.41. The Hall–Kier alpha value is -1.58. The van der Waals surface area contributed by atoms with Gasteiger partial charge in [0.15, 0.2) is 0 Å². The third-order valence-corrected chi connectivity index (χ3v) is 2.41. The monoisotopic (exact) mass is 253 g/mol. The number of halogens is 1. The predicted octanol–water partition coefficient (Wildman–Crippen LogP) is 2.89. The van der Waals surface area contributed by atoms with E-state index in [9.17, 15) is 9.18 Å². The molecule has 1 amide bonds. The summed E-state index contributed by atoms with van der Waals surface area (Å²) in [6.07, 6.45) is 0.435. The van der Waals surface area contributed by atoms with Crippen LogP contribution >= 0.6 is 0 Å². The van der Waals surface area contributed by atoms with Crippen molar-refractivity contribution >= 4 is 5.91 Å². The van der Waals surface area contributed by atoms with Crippen LogP contribution in [0.25, 0.3) is 0 Å². The van der Waals surface area contributed by atoms with Crippen molar-refractivity contribution in [2.45, 2.75) is 33.7 Å². The molecule has 0 heterocycles. The number of rotatable bonds is 4. The highest BCUT2D eigenvalue weighted by Gasteiger charge is 2.16. The Morgan fingerprint density at radius 1 is 1.39 bits per heavy atom. The number of nitrogens with one attached hydrogen (secondary N) is 1. The highest BCUT2D eigenvalue weighted by Crippen LogP contribution is 2.20. The zero-order valence-corrected chi connectivity index (χ0v) is 11.3. The summed E-state index contributed by atoms with van der Waals surface area (Å²) in [5, 5.41) is 2.77. The number of hydrogen-bond donors (Lipinski definition) is 1. The maximum Gasteiger partial charge on any atom is 0.220 e. The van der Waals surface area contributed by atoms with Gasteiger partial charge in [-0.25, -0.2) is 4.39 Å². The van der Waals surface area contributed by atoms with Crippen molar-refractivity contribution in [3.63, 3.8) is 0 Å². The Morgan fingerprint density at radius 3 is 2.61 bits per heavy atom. The molecule has 1 aromatic rings. The largest absolute Gasteiger partial charge is 0.496 e. The quantitative estimate of drug-likeness (QED) is 0.896. The van der Waals surface area contributed by atoms with Gasteiger partial charge in [-0.1, -0.05) is 20.8 Å². The Bertz CT molecular complexity index is 424. The molecule has 0 spiro atoms. The summed E-state index contributed by atoms with van der Waals surface area (Å²) < 4.78 is 18.2. The Kier molecular flexibility index (Phi) is 4.70. The Balaban J connectivity index is 2.63. The molecule has 4 heteroatoms. The number of ether oxygens (including phenoxy) is 1. The van der Waals surface area contributed by atoms with E-state index < -0.39 is 0 Å². The first-order valence-corrected chi connectivity index (χ1v) is 5.91. The lowest BCUT2D eigenvalue weighted by Gasteiger charge is -2.17. The third kappa shape index (κ3) is 4.73. The summed E-state index contributed by atoms with van der Waals surface area (Å²) in [4.78, 5) is 11.7. The smallest absolute Gasteiger partial charge is 0.220 e. The van der Waals surface area contributed by atoms with Crippen molar-refractivity contribution in [1.29, 1.82) is 0 Å². The first-order chi connectivity index (χ1) is 8.31. The minimum atomic E-state index is -0.337. The topological polar surface area (TPSA) is 38.3 Å². The fraction of sp³-hybridized carbons (Fsp3) is 0.500. The van der Waals surface area contributed by atoms with Gasteiger partial charge >= 0.3 is 0 Å². The van der Waals surface area contributed by atoms with Crippen LogP contribution in [0.5, 0.6) is 5.75 Å². The summed E-state index contributed by atoms with van der Waals surface area (Å²) in [5.41, 5.74) is 0.579. The normalized spacial score (nSPS) is 11.2. The zero-order chi connectivity index (χ0) is 13.8. The van der Waals surface area contributed by atoms with Crippen LogP contribution in [0.2, 0.25) is 0 Å². The fourth-order valence-electron chi connectivity index (χ4n) is 1.62. The summed E-state index contributed by atoms with van der Waals surface area (Å²) in [7, 11) is 1.52. The number of carbonyl (C=O) groups excluding carboxylic acids is 1. The SMILES string of the molecule is COc1ccc(F)cc1CNC(=O)CC(C)(C)C. The second kappa shape index (κ2) is 5.85. The van der Waals surface area contributed by atoms with Gasteiger partial charge in [-0.3, -0.25) is 4.79 Å². The molecule has 0 saturated carbocycles. The van der Waals surface area contributed by atoms with Crippen LogP contribution in [-0.4, -0.2) is 13.0 Å². The molecule has 18 heavy (non-hydrogen) atoms. The summed E-state index contributed by atoms with van der Waals surface area (Å²) in [6, 6.07) is 4.26. The van der Waals surface area contributed by atoms with Crippen LogP contribution in [0.15, 0.2) is 18.2 Å². The lowest BCUT2D eigenvalue weighted by atomic mass is 9.92. The van der Waals surface area contributed by atoms with E-state index >= 15 is 0 Å². The number of amides is 1. The van der Waals surface area contributed by atoms with Crippen LogP contribution in [0.4, 0.5) is 4.39 Å². The van der Waals surface area contributed by atoms with Crippen molar-refractivity contribution < 1.29 is 13.9 Å². The van der Waals surface area contributed by atoms with Gasteiger partial charge in [0, 0.05) is 18.5 Å².